The summed E-state index contributed by atoms with van der Waals surface area (Å²) in [6.45, 7) is 2.07. The average molecular weight is 466 g/mol. The maximum atomic E-state index is 12.9. The summed E-state index contributed by atoms with van der Waals surface area (Å²) in [6.07, 6.45) is 3.18. The second kappa shape index (κ2) is 11.2. The molecule has 1 aliphatic rings. The van der Waals surface area contributed by atoms with Crippen molar-refractivity contribution in [2.45, 2.75) is 25.9 Å². The van der Waals surface area contributed by atoms with Gasteiger partial charge in [0.2, 0.25) is 5.91 Å². The van der Waals surface area contributed by atoms with Gasteiger partial charge in [0.25, 0.3) is 0 Å². The highest BCUT2D eigenvalue weighted by molar-refractivity contribution is 5.99. The quantitative estimate of drug-likeness (QED) is 0.170. The third-order valence-electron chi connectivity index (χ3n) is 5.30. The normalized spacial score (nSPS) is 15.6. The first kappa shape index (κ1) is 24.7. The Hall–Kier alpha value is -3.98. The summed E-state index contributed by atoms with van der Waals surface area (Å²) in [4.78, 5) is 37.8. The number of hydrogen-bond donors (Lipinski definition) is 3. The molecule has 1 heterocycles. The molecule has 3 rings (SSSR count). The van der Waals surface area contributed by atoms with E-state index in [1.54, 1.807) is 61.5 Å². The number of amides is 1. The Labute approximate surface area is 197 Å². The lowest BCUT2D eigenvalue weighted by Crippen LogP contribution is -2.41. The van der Waals surface area contributed by atoms with Crippen LogP contribution in [0.15, 0.2) is 54.1 Å². The van der Waals surface area contributed by atoms with Gasteiger partial charge in [-0.15, -0.1) is 0 Å². The van der Waals surface area contributed by atoms with E-state index >= 15 is 0 Å². The zero-order chi connectivity index (χ0) is 24.7. The predicted molar refractivity (Wildman–Crippen MR) is 126 cm³/mol. The largest absolute Gasteiger partial charge is 0.480 e. The van der Waals surface area contributed by atoms with Crippen molar-refractivity contribution >= 4 is 29.8 Å². The van der Waals surface area contributed by atoms with Gasteiger partial charge >= 0.3 is 11.9 Å². The minimum Gasteiger partial charge on any atom is -0.480 e. The Balaban J connectivity index is 1.65. The van der Waals surface area contributed by atoms with Crippen molar-refractivity contribution < 1.29 is 29.0 Å². The van der Waals surface area contributed by atoms with Gasteiger partial charge in [-0.25, -0.2) is 4.79 Å². The average Bonchev–Trinajstić information content (AvgIpc) is 3.31. The van der Waals surface area contributed by atoms with Crippen molar-refractivity contribution in [1.29, 1.82) is 5.41 Å². The molecule has 0 bridgehead atoms. The van der Waals surface area contributed by atoms with E-state index in [1.165, 1.54) is 4.90 Å². The lowest BCUT2D eigenvalue weighted by atomic mass is 10.1. The molecule has 2 aromatic carbocycles. The van der Waals surface area contributed by atoms with Gasteiger partial charge in [0.05, 0.1) is 11.7 Å². The SMILES string of the molecule is C/C(=C\c1ccc(C(=O)Oc2ccc(C(=N)N)cc2)cc1)C(=O)N(CC(=O)O)CC1CCCO1. The van der Waals surface area contributed by atoms with Gasteiger partial charge in [-0.3, -0.25) is 15.0 Å². The van der Waals surface area contributed by atoms with Crippen molar-refractivity contribution in [1.82, 2.24) is 4.90 Å². The number of carboxylic acids is 1. The fourth-order valence-electron chi connectivity index (χ4n) is 3.56. The molecular formula is C25H27N3O6. The number of nitrogen functional groups attached to an aromatic ring is 1. The summed E-state index contributed by atoms with van der Waals surface area (Å²) in [5.41, 5.74) is 7.32. The van der Waals surface area contributed by atoms with Crippen molar-refractivity contribution in [3.8, 4) is 5.75 Å². The Morgan fingerprint density at radius 3 is 2.35 bits per heavy atom. The third-order valence-corrected chi connectivity index (χ3v) is 5.30. The number of amidine groups is 1. The predicted octanol–water partition coefficient (Wildman–Crippen LogP) is 2.69. The van der Waals surface area contributed by atoms with Gasteiger partial charge < -0.3 is 25.2 Å². The number of ether oxygens (including phenoxy) is 2. The van der Waals surface area contributed by atoms with Crippen LogP contribution in [0.3, 0.4) is 0 Å². The molecule has 9 nitrogen and oxygen atoms in total. The zero-order valence-electron chi connectivity index (χ0n) is 18.8. The van der Waals surface area contributed by atoms with Gasteiger partial charge in [0, 0.05) is 24.3 Å². The molecule has 1 atom stereocenters. The van der Waals surface area contributed by atoms with Crippen LogP contribution in [-0.4, -0.2) is 59.5 Å². The number of nitrogens with zero attached hydrogens (tertiary/aromatic N) is 1. The number of aliphatic carboxylic acids is 1. The van der Waals surface area contributed by atoms with Crippen LogP contribution in [0.2, 0.25) is 0 Å². The first-order chi connectivity index (χ1) is 16.2. The number of benzene rings is 2. The molecule has 1 fully saturated rings. The monoisotopic (exact) mass is 465 g/mol. The highest BCUT2D eigenvalue weighted by Gasteiger charge is 2.25. The fraction of sp³-hybridized carbons (Fsp3) is 0.280. The number of carbonyl (C=O) groups excluding carboxylic acids is 2. The van der Waals surface area contributed by atoms with Crippen LogP contribution in [0.25, 0.3) is 6.08 Å². The molecule has 1 unspecified atom stereocenters. The Morgan fingerprint density at radius 1 is 1.15 bits per heavy atom. The Bertz CT molecular complexity index is 1090. The summed E-state index contributed by atoms with van der Waals surface area (Å²) in [5, 5.41) is 16.6. The van der Waals surface area contributed by atoms with Gasteiger partial charge in [-0.05, 0) is 67.8 Å². The molecule has 1 aliphatic heterocycles. The van der Waals surface area contributed by atoms with E-state index in [2.05, 4.69) is 0 Å². The molecule has 0 aromatic heterocycles. The van der Waals surface area contributed by atoms with E-state index < -0.39 is 18.5 Å². The molecule has 0 saturated carbocycles. The standard InChI is InChI=1S/C25H27N3O6/c1-16(24(31)28(15-22(29)30)14-21-3-2-12-33-21)13-17-4-6-19(7-5-17)25(32)34-20-10-8-18(9-11-20)23(26)27/h4-11,13,21H,2-3,12,14-15H2,1H3,(H3,26,27)(H,29,30)/b16-13+. The van der Waals surface area contributed by atoms with Crippen molar-refractivity contribution in [3.05, 3.63) is 70.8 Å². The van der Waals surface area contributed by atoms with E-state index in [0.29, 0.717) is 34.6 Å². The molecular weight excluding hydrogens is 438 g/mol. The summed E-state index contributed by atoms with van der Waals surface area (Å²) in [6, 6.07) is 12.8. The lowest BCUT2D eigenvalue weighted by molar-refractivity contribution is -0.143. The van der Waals surface area contributed by atoms with Crippen LogP contribution in [0.5, 0.6) is 5.75 Å². The molecule has 4 N–H and O–H groups in total. The molecule has 1 amide bonds. The first-order valence-corrected chi connectivity index (χ1v) is 10.8. The fourth-order valence-corrected chi connectivity index (χ4v) is 3.56. The Morgan fingerprint density at radius 2 is 1.79 bits per heavy atom. The second-order valence-corrected chi connectivity index (χ2v) is 7.99. The van der Waals surface area contributed by atoms with Gasteiger partial charge in [-0.2, -0.15) is 0 Å². The second-order valence-electron chi connectivity index (χ2n) is 7.99. The van der Waals surface area contributed by atoms with Crippen molar-refractivity contribution in [3.63, 3.8) is 0 Å². The number of nitrogens with two attached hydrogens (primary N) is 1. The van der Waals surface area contributed by atoms with Crippen molar-refractivity contribution in [2.24, 2.45) is 5.73 Å². The smallest absolute Gasteiger partial charge is 0.343 e. The van der Waals surface area contributed by atoms with Crippen LogP contribution < -0.4 is 10.5 Å². The maximum absolute atomic E-state index is 12.9. The van der Waals surface area contributed by atoms with Crippen molar-refractivity contribution in [2.75, 3.05) is 19.7 Å². The zero-order valence-corrected chi connectivity index (χ0v) is 18.8. The molecule has 0 spiro atoms. The topological polar surface area (TPSA) is 143 Å². The summed E-state index contributed by atoms with van der Waals surface area (Å²) in [7, 11) is 0. The lowest BCUT2D eigenvalue weighted by Gasteiger charge is -2.24. The molecule has 9 heteroatoms. The number of hydrogen-bond acceptors (Lipinski definition) is 6. The first-order valence-electron chi connectivity index (χ1n) is 10.8. The summed E-state index contributed by atoms with van der Waals surface area (Å²) < 4.78 is 10.9. The molecule has 2 aromatic rings. The molecule has 34 heavy (non-hydrogen) atoms. The molecule has 178 valence electrons. The number of carboxylic acid groups (broad SMARTS) is 1. The van der Waals surface area contributed by atoms with Crippen LogP contribution in [0, 0.1) is 5.41 Å². The minimum absolute atomic E-state index is 0.0757. The van der Waals surface area contributed by atoms with Crippen LogP contribution in [0.1, 0.15) is 41.3 Å². The van der Waals surface area contributed by atoms with Crippen LogP contribution >= 0.6 is 0 Å². The van der Waals surface area contributed by atoms with E-state index in [9.17, 15) is 19.5 Å². The van der Waals surface area contributed by atoms with E-state index in [1.807, 2.05) is 0 Å². The molecule has 1 saturated heterocycles. The highest BCUT2D eigenvalue weighted by Crippen LogP contribution is 2.18. The molecule has 0 radical (unpaired) electrons. The van der Waals surface area contributed by atoms with E-state index in [0.717, 1.165) is 12.8 Å². The Kier molecular flexibility index (Phi) is 8.15. The summed E-state index contributed by atoms with van der Waals surface area (Å²) >= 11 is 0. The van der Waals surface area contributed by atoms with Gasteiger partial charge in [0.15, 0.2) is 0 Å². The number of esters is 1. The van der Waals surface area contributed by atoms with E-state index in [4.69, 9.17) is 20.6 Å². The minimum atomic E-state index is -1.09. The summed E-state index contributed by atoms with van der Waals surface area (Å²) in [5.74, 6) is -1.77. The number of rotatable bonds is 9. The van der Waals surface area contributed by atoms with Gasteiger partial charge in [-0.1, -0.05) is 12.1 Å². The maximum Gasteiger partial charge on any atom is 0.343 e. The molecule has 0 aliphatic carbocycles. The van der Waals surface area contributed by atoms with Gasteiger partial charge in [0.1, 0.15) is 18.1 Å². The van der Waals surface area contributed by atoms with Crippen LogP contribution in [-0.2, 0) is 14.3 Å². The number of nitrogens with one attached hydrogen (secondary N) is 1. The highest BCUT2D eigenvalue weighted by atomic mass is 16.5. The number of carbonyl (C=O) groups is 3. The third kappa shape index (κ3) is 6.76. The van der Waals surface area contributed by atoms with Crippen LogP contribution in [0.4, 0.5) is 0 Å². The van der Waals surface area contributed by atoms with E-state index in [-0.39, 0.29) is 24.4 Å².